The lowest BCUT2D eigenvalue weighted by molar-refractivity contribution is 0.0265. The molecule has 1 aromatic carbocycles. The molecule has 1 aliphatic heterocycles. The van der Waals surface area contributed by atoms with Gasteiger partial charge in [0.05, 0.1) is 11.7 Å². The molecule has 2 rings (SSSR count). The van der Waals surface area contributed by atoms with E-state index in [0.717, 1.165) is 18.5 Å². The predicted molar refractivity (Wildman–Crippen MR) is 87.6 cm³/mol. The molecule has 1 fully saturated rings. The number of nitrogens with one attached hydrogen (secondary N) is 1. The molecule has 1 saturated heterocycles. The van der Waals surface area contributed by atoms with Crippen molar-refractivity contribution in [2.24, 2.45) is 10.8 Å². The molecule has 120 valence electrons. The van der Waals surface area contributed by atoms with E-state index in [0.29, 0.717) is 12.4 Å². The zero-order valence-electron chi connectivity index (χ0n) is 13.4. The van der Waals surface area contributed by atoms with E-state index in [1.165, 1.54) is 0 Å². The molecule has 6 nitrogen and oxygen atoms in total. The van der Waals surface area contributed by atoms with E-state index in [-0.39, 0.29) is 12.1 Å². The van der Waals surface area contributed by atoms with Crippen LogP contribution in [0.25, 0.3) is 0 Å². The molecule has 0 aliphatic carbocycles. The molecule has 0 spiro atoms. The molecule has 0 radical (unpaired) electrons. The van der Waals surface area contributed by atoms with Crippen LogP contribution in [-0.4, -0.2) is 35.0 Å². The third kappa shape index (κ3) is 4.38. The van der Waals surface area contributed by atoms with Gasteiger partial charge in [0.1, 0.15) is 11.4 Å². The number of ether oxygens (including phenoxy) is 1. The van der Waals surface area contributed by atoms with Crippen molar-refractivity contribution in [1.82, 2.24) is 4.90 Å². The molecule has 0 bridgehead atoms. The van der Waals surface area contributed by atoms with Gasteiger partial charge in [-0.25, -0.2) is 4.79 Å². The van der Waals surface area contributed by atoms with Crippen LogP contribution in [0.3, 0.4) is 0 Å². The number of nitrogens with two attached hydrogens (primary N) is 1. The Bertz CT molecular complexity index is 537. The minimum atomic E-state index is -0.515. The van der Waals surface area contributed by atoms with Crippen molar-refractivity contribution in [3.05, 3.63) is 30.3 Å². The fourth-order valence-electron chi connectivity index (χ4n) is 2.33. The molecule has 1 atom stereocenters. The van der Waals surface area contributed by atoms with Crippen molar-refractivity contribution in [3.63, 3.8) is 0 Å². The molecule has 1 heterocycles. The molecule has 1 aromatic rings. The zero-order valence-corrected chi connectivity index (χ0v) is 13.4. The zero-order chi connectivity index (χ0) is 16.2. The predicted octanol–water partition coefficient (Wildman–Crippen LogP) is 2.77. The smallest absolute Gasteiger partial charge is 0.410 e. The molecule has 1 aliphatic rings. The van der Waals surface area contributed by atoms with Crippen molar-refractivity contribution in [3.8, 4) is 0 Å². The molecule has 22 heavy (non-hydrogen) atoms. The maximum atomic E-state index is 12.2. The number of hydrogen-bond acceptors (Lipinski definition) is 4. The number of anilines is 1. The first-order chi connectivity index (χ1) is 10.4. The second-order valence-electron chi connectivity index (χ2n) is 6.35. The van der Waals surface area contributed by atoms with E-state index in [1.54, 1.807) is 4.90 Å². The van der Waals surface area contributed by atoms with Crippen LogP contribution in [0, 0.1) is 0 Å². The van der Waals surface area contributed by atoms with Gasteiger partial charge >= 0.3 is 6.09 Å². The largest absolute Gasteiger partial charge is 0.444 e. The molecular formula is C16H24N4O2. The van der Waals surface area contributed by atoms with Gasteiger partial charge in [0.15, 0.2) is 0 Å². The van der Waals surface area contributed by atoms with Crippen LogP contribution in [0.15, 0.2) is 35.4 Å². The summed E-state index contributed by atoms with van der Waals surface area (Å²) in [5.74, 6) is 0.396. The van der Waals surface area contributed by atoms with Gasteiger partial charge < -0.3 is 10.5 Å². The topological polar surface area (TPSA) is 80.0 Å². The Balaban J connectivity index is 2.01. The van der Waals surface area contributed by atoms with Gasteiger partial charge in [0.25, 0.3) is 0 Å². The number of amides is 1. The number of para-hydroxylation sites is 1. The summed E-state index contributed by atoms with van der Waals surface area (Å²) in [6, 6.07) is 9.34. The molecule has 3 N–H and O–H groups in total. The maximum Gasteiger partial charge on any atom is 0.410 e. The molecular weight excluding hydrogens is 280 g/mol. The summed E-state index contributed by atoms with van der Waals surface area (Å²) in [6.07, 6.45) is 1.35. The summed E-state index contributed by atoms with van der Waals surface area (Å²) in [4.78, 5) is 13.9. The van der Waals surface area contributed by atoms with Crippen molar-refractivity contribution < 1.29 is 9.53 Å². The lowest BCUT2D eigenvalue weighted by Crippen LogP contribution is -2.46. The summed E-state index contributed by atoms with van der Waals surface area (Å²) in [5.41, 5.74) is 9.31. The Hall–Kier alpha value is -2.24. The monoisotopic (exact) mass is 304 g/mol. The van der Waals surface area contributed by atoms with Crippen LogP contribution >= 0.6 is 0 Å². The number of nitrogens with zero attached hydrogens (tertiary/aromatic N) is 2. The fourth-order valence-corrected chi connectivity index (χ4v) is 2.33. The van der Waals surface area contributed by atoms with Crippen LogP contribution in [0.5, 0.6) is 0 Å². The molecule has 0 unspecified atom stereocenters. The Morgan fingerprint density at radius 2 is 2.05 bits per heavy atom. The van der Waals surface area contributed by atoms with Gasteiger partial charge in [0.2, 0.25) is 0 Å². The number of carbonyl (C=O) groups is 1. The van der Waals surface area contributed by atoms with E-state index in [9.17, 15) is 4.79 Å². The Morgan fingerprint density at radius 1 is 1.36 bits per heavy atom. The van der Waals surface area contributed by atoms with Crippen molar-refractivity contribution >= 4 is 17.6 Å². The van der Waals surface area contributed by atoms with Gasteiger partial charge in [-0.05, 0) is 45.7 Å². The van der Waals surface area contributed by atoms with E-state index >= 15 is 0 Å². The third-order valence-electron chi connectivity index (χ3n) is 3.31. The summed E-state index contributed by atoms with van der Waals surface area (Å²) in [7, 11) is 0. The Kier molecular flexibility index (Phi) is 4.90. The highest BCUT2D eigenvalue weighted by molar-refractivity contribution is 5.89. The van der Waals surface area contributed by atoms with Crippen molar-refractivity contribution in [2.75, 3.05) is 12.0 Å². The summed E-state index contributed by atoms with van der Waals surface area (Å²) in [5, 5.41) is 4.20. The number of amidine groups is 1. The van der Waals surface area contributed by atoms with Crippen LogP contribution in [0.4, 0.5) is 10.5 Å². The van der Waals surface area contributed by atoms with E-state index in [2.05, 4.69) is 10.5 Å². The summed E-state index contributed by atoms with van der Waals surface area (Å²) >= 11 is 0. The summed E-state index contributed by atoms with van der Waals surface area (Å²) in [6.45, 7) is 6.19. The van der Waals surface area contributed by atoms with Crippen LogP contribution < -0.4 is 11.2 Å². The highest BCUT2D eigenvalue weighted by Gasteiger charge is 2.34. The lowest BCUT2D eigenvalue weighted by Gasteiger charge is -2.28. The fraction of sp³-hybridized carbons (Fsp3) is 0.500. The van der Waals surface area contributed by atoms with Gasteiger partial charge in [-0.15, -0.1) is 0 Å². The standard InChI is InChI=1S/C16H24N4O2/c1-16(2,3)22-15(21)20-11-7-10-13(20)14(17)19-18-12-8-5-4-6-9-12/h4-6,8-9,13,18H,7,10-11H2,1-3H3,(H2,17,19)/t13-/m0/s1. The first kappa shape index (κ1) is 16.1. The van der Waals surface area contributed by atoms with Gasteiger partial charge in [0, 0.05) is 6.54 Å². The minimum absolute atomic E-state index is 0.217. The highest BCUT2D eigenvalue weighted by Crippen LogP contribution is 2.21. The van der Waals surface area contributed by atoms with Crippen LogP contribution in [0.1, 0.15) is 33.6 Å². The Morgan fingerprint density at radius 3 is 2.68 bits per heavy atom. The minimum Gasteiger partial charge on any atom is -0.444 e. The lowest BCUT2D eigenvalue weighted by atomic mass is 10.2. The van der Waals surface area contributed by atoms with E-state index in [1.807, 2.05) is 51.1 Å². The number of hydrazone groups is 1. The first-order valence-electron chi connectivity index (χ1n) is 7.50. The number of benzene rings is 1. The number of rotatable bonds is 3. The van der Waals surface area contributed by atoms with Gasteiger partial charge in [-0.1, -0.05) is 18.2 Å². The molecule has 0 saturated carbocycles. The molecule has 0 aromatic heterocycles. The van der Waals surface area contributed by atoms with Crippen LogP contribution in [-0.2, 0) is 4.74 Å². The average Bonchev–Trinajstić information content (AvgIpc) is 2.93. The van der Waals surface area contributed by atoms with E-state index < -0.39 is 5.60 Å². The van der Waals surface area contributed by atoms with E-state index in [4.69, 9.17) is 10.5 Å². The van der Waals surface area contributed by atoms with Crippen molar-refractivity contribution in [2.45, 2.75) is 45.3 Å². The molecule has 1 amide bonds. The average molecular weight is 304 g/mol. The SMILES string of the molecule is CC(C)(C)OC(=O)N1CCC[C@H]1C(N)=NNc1ccccc1. The molecule has 6 heteroatoms. The number of carbonyl (C=O) groups excluding carboxylic acids is 1. The second-order valence-corrected chi connectivity index (χ2v) is 6.35. The third-order valence-corrected chi connectivity index (χ3v) is 3.31. The number of hydrogen-bond donors (Lipinski definition) is 2. The second kappa shape index (κ2) is 6.68. The normalized spacial score (nSPS) is 19.1. The van der Waals surface area contributed by atoms with Crippen molar-refractivity contribution in [1.29, 1.82) is 0 Å². The van der Waals surface area contributed by atoms with Gasteiger partial charge in [-0.3, -0.25) is 10.3 Å². The maximum absolute atomic E-state index is 12.2. The first-order valence-corrected chi connectivity index (χ1v) is 7.50. The summed E-state index contributed by atoms with van der Waals surface area (Å²) < 4.78 is 5.42. The quantitative estimate of drug-likeness (QED) is 0.511. The van der Waals surface area contributed by atoms with Crippen LogP contribution in [0.2, 0.25) is 0 Å². The Labute approximate surface area is 131 Å². The number of likely N-dealkylation sites (tertiary alicyclic amines) is 1. The van der Waals surface area contributed by atoms with Gasteiger partial charge in [-0.2, -0.15) is 5.10 Å². The highest BCUT2D eigenvalue weighted by atomic mass is 16.6.